The molecule has 0 spiro atoms. The van der Waals surface area contributed by atoms with Crippen LogP contribution < -0.4 is 5.32 Å². The van der Waals surface area contributed by atoms with Gasteiger partial charge in [-0.05, 0) is 36.1 Å². The molecule has 4 aromatic rings. The van der Waals surface area contributed by atoms with Crippen molar-refractivity contribution in [1.29, 1.82) is 0 Å². The quantitative estimate of drug-likeness (QED) is 0.354. The average molecular weight is 445 g/mol. The molecule has 154 valence electrons. The van der Waals surface area contributed by atoms with Crippen molar-refractivity contribution >= 4 is 34.0 Å². The number of thiazole rings is 1. The van der Waals surface area contributed by atoms with Crippen LogP contribution in [0.25, 0.3) is 21.7 Å². The molecular weight excluding hydrogens is 424 g/mol. The van der Waals surface area contributed by atoms with Gasteiger partial charge in [0.1, 0.15) is 0 Å². The van der Waals surface area contributed by atoms with Gasteiger partial charge in [-0.25, -0.2) is 4.98 Å². The van der Waals surface area contributed by atoms with Gasteiger partial charge in [-0.3, -0.25) is 4.79 Å². The lowest BCUT2D eigenvalue weighted by Gasteiger charge is -2.40. The molecule has 1 saturated carbocycles. The molecular formula is C26H21ClN2OS. The van der Waals surface area contributed by atoms with Gasteiger partial charge in [0, 0.05) is 10.6 Å². The van der Waals surface area contributed by atoms with Gasteiger partial charge in [0.15, 0.2) is 5.13 Å². The van der Waals surface area contributed by atoms with E-state index in [-0.39, 0.29) is 5.91 Å². The van der Waals surface area contributed by atoms with Gasteiger partial charge in [0.25, 0.3) is 0 Å². The molecule has 1 aliphatic rings. The van der Waals surface area contributed by atoms with Crippen molar-refractivity contribution in [2.45, 2.75) is 24.7 Å². The number of rotatable bonds is 5. The van der Waals surface area contributed by atoms with Crippen LogP contribution >= 0.6 is 22.9 Å². The Morgan fingerprint density at radius 2 is 1.48 bits per heavy atom. The molecule has 0 radical (unpaired) electrons. The van der Waals surface area contributed by atoms with Gasteiger partial charge >= 0.3 is 0 Å². The van der Waals surface area contributed by atoms with Crippen LogP contribution in [0.4, 0.5) is 5.13 Å². The summed E-state index contributed by atoms with van der Waals surface area (Å²) in [6.07, 6.45) is 2.71. The summed E-state index contributed by atoms with van der Waals surface area (Å²) in [5.74, 6) is 0.00838. The van der Waals surface area contributed by atoms with Crippen LogP contribution in [0.15, 0.2) is 84.9 Å². The van der Waals surface area contributed by atoms with Crippen LogP contribution in [0.5, 0.6) is 0 Å². The van der Waals surface area contributed by atoms with Gasteiger partial charge in [-0.1, -0.05) is 102 Å². The highest BCUT2D eigenvalue weighted by molar-refractivity contribution is 7.19. The molecule has 1 fully saturated rings. The molecule has 0 unspecified atom stereocenters. The van der Waals surface area contributed by atoms with Crippen molar-refractivity contribution in [2.24, 2.45) is 0 Å². The lowest BCUT2D eigenvalue weighted by Crippen LogP contribution is -2.45. The van der Waals surface area contributed by atoms with Gasteiger partial charge in [-0.2, -0.15) is 0 Å². The normalized spacial score (nSPS) is 14.6. The second kappa shape index (κ2) is 8.29. The highest BCUT2D eigenvalue weighted by atomic mass is 35.5. The maximum atomic E-state index is 13.4. The number of aromatic nitrogens is 1. The van der Waals surface area contributed by atoms with E-state index in [2.05, 4.69) is 17.4 Å². The number of nitrogens with one attached hydrogen (secondary N) is 1. The van der Waals surface area contributed by atoms with Crippen molar-refractivity contribution in [3.8, 4) is 21.7 Å². The van der Waals surface area contributed by atoms with E-state index < -0.39 is 5.41 Å². The van der Waals surface area contributed by atoms with E-state index in [4.69, 9.17) is 16.6 Å². The number of nitrogens with zero attached hydrogens (tertiary/aromatic N) is 1. The minimum atomic E-state index is -0.504. The Bertz CT molecular complexity index is 1140. The summed E-state index contributed by atoms with van der Waals surface area (Å²) in [6.45, 7) is 0. The number of benzene rings is 3. The molecule has 1 aliphatic carbocycles. The number of amides is 1. The standard InChI is InChI=1S/C26H21ClN2OS/c27-21-14-12-20(13-15-21)26(16-7-17-26)24(30)29-25-28-22(18-8-3-1-4-9-18)23(31-25)19-10-5-2-6-11-19/h1-6,8-15H,7,16-17H2,(H,28,29,30). The molecule has 0 bridgehead atoms. The molecule has 1 heterocycles. The second-order valence-electron chi connectivity index (χ2n) is 7.83. The Morgan fingerprint density at radius 3 is 2.06 bits per heavy atom. The molecule has 3 nitrogen and oxygen atoms in total. The zero-order valence-corrected chi connectivity index (χ0v) is 18.4. The Balaban J connectivity index is 1.50. The van der Waals surface area contributed by atoms with Crippen LogP contribution in [0.1, 0.15) is 24.8 Å². The van der Waals surface area contributed by atoms with Crippen molar-refractivity contribution < 1.29 is 4.79 Å². The smallest absolute Gasteiger partial charge is 0.236 e. The molecule has 1 amide bonds. The van der Waals surface area contributed by atoms with E-state index in [0.29, 0.717) is 10.2 Å². The third-order valence-corrected chi connectivity index (χ3v) is 7.24. The van der Waals surface area contributed by atoms with E-state index in [0.717, 1.165) is 46.5 Å². The average Bonchev–Trinajstić information content (AvgIpc) is 3.19. The number of carbonyl (C=O) groups is 1. The van der Waals surface area contributed by atoms with Crippen LogP contribution in [0.2, 0.25) is 5.02 Å². The van der Waals surface area contributed by atoms with Crippen molar-refractivity contribution in [1.82, 2.24) is 4.98 Å². The number of anilines is 1. The number of hydrogen-bond donors (Lipinski definition) is 1. The first-order valence-electron chi connectivity index (χ1n) is 10.3. The Hall–Kier alpha value is -2.95. The molecule has 0 saturated heterocycles. The summed E-state index contributed by atoms with van der Waals surface area (Å²) in [6, 6.07) is 27.9. The zero-order valence-electron chi connectivity index (χ0n) is 16.8. The van der Waals surface area contributed by atoms with E-state index in [1.165, 1.54) is 11.3 Å². The SMILES string of the molecule is O=C(Nc1nc(-c2ccccc2)c(-c2ccccc2)s1)C1(c2ccc(Cl)cc2)CCC1. The molecule has 0 atom stereocenters. The zero-order chi connectivity index (χ0) is 21.3. The lowest BCUT2D eigenvalue weighted by molar-refractivity contribution is -0.124. The number of halogens is 1. The summed E-state index contributed by atoms with van der Waals surface area (Å²) >= 11 is 7.58. The van der Waals surface area contributed by atoms with Crippen LogP contribution in [-0.4, -0.2) is 10.9 Å². The van der Waals surface area contributed by atoms with E-state index in [9.17, 15) is 4.79 Å². The summed E-state index contributed by atoms with van der Waals surface area (Å²) < 4.78 is 0. The van der Waals surface area contributed by atoms with Crippen molar-refractivity contribution in [3.05, 3.63) is 95.5 Å². The summed E-state index contributed by atoms with van der Waals surface area (Å²) in [5, 5.41) is 4.44. The predicted molar refractivity (Wildman–Crippen MR) is 129 cm³/mol. The fourth-order valence-corrected chi connectivity index (χ4v) is 5.23. The van der Waals surface area contributed by atoms with Crippen molar-refractivity contribution in [3.63, 3.8) is 0 Å². The third kappa shape index (κ3) is 3.78. The monoisotopic (exact) mass is 444 g/mol. The highest BCUT2D eigenvalue weighted by Gasteiger charge is 2.45. The Labute approximate surface area is 190 Å². The highest BCUT2D eigenvalue weighted by Crippen LogP contribution is 2.46. The van der Waals surface area contributed by atoms with Crippen molar-refractivity contribution in [2.75, 3.05) is 5.32 Å². The molecule has 31 heavy (non-hydrogen) atoms. The predicted octanol–water partition coefficient (Wildman–Crippen LogP) is 7.19. The van der Waals surface area contributed by atoms with Gasteiger partial charge < -0.3 is 5.32 Å². The topological polar surface area (TPSA) is 42.0 Å². The fraction of sp³-hybridized carbons (Fsp3) is 0.154. The second-order valence-corrected chi connectivity index (χ2v) is 9.26. The number of carbonyl (C=O) groups excluding carboxylic acids is 1. The Morgan fingerprint density at radius 1 is 0.871 bits per heavy atom. The molecule has 0 aliphatic heterocycles. The minimum Gasteiger partial charge on any atom is -0.301 e. The number of hydrogen-bond acceptors (Lipinski definition) is 3. The maximum absolute atomic E-state index is 13.4. The molecule has 3 aromatic carbocycles. The fourth-order valence-electron chi connectivity index (χ4n) is 4.11. The van der Waals surface area contributed by atoms with E-state index >= 15 is 0 Å². The van der Waals surface area contributed by atoms with Crippen LogP contribution in [0.3, 0.4) is 0 Å². The van der Waals surface area contributed by atoms with Gasteiger partial charge in [-0.15, -0.1) is 0 Å². The Kier molecular flexibility index (Phi) is 5.34. The van der Waals surface area contributed by atoms with E-state index in [1.807, 2.05) is 72.8 Å². The van der Waals surface area contributed by atoms with Gasteiger partial charge in [0.2, 0.25) is 5.91 Å². The first-order valence-corrected chi connectivity index (χ1v) is 11.5. The first-order chi connectivity index (χ1) is 15.2. The summed E-state index contributed by atoms with van der Waals surface area (Å²) in [4.78, 5) is 19.3. The molecule has 1 aromatic heterocycles. The largest absolute Gasteiger partial charge is 0.301 e. The lowest BCUT2D eigenvalue weighted by atomic mass is 9.64. The van der Waals surface area contributed by atoms with Crippen LogP contribution in [0, 0.1) is 0 Å². The maximum Gasteiger partial charge on any atom is 0.236 e. The molecule has 1 N–H and O–H groups in total. The first kappa shape index (κ1) is 20.0. The van der Waals surface area contributed by atoms with E-state index in [1.54, 1.807) is 0 Å². The van der Waals surface area contributed by atoms with Crippen LogP contribution in [-0.2, 0) is 10.2 Å². The minimum absolute atomic E-state index is 0.00838. The molecule has 5 heteroatoms. The summed E-state index contributed by atoms with van der Waals surface area (Å²) in [7, 11) is 0. The third-order valence-electron chi connectivity index (χ3n) is 5.97. The van der Waals surface area contributed by atoms with Gasteiger partial charge in [0.05, 0.1) is 16.0 Å². The summed E-state index contributed by atoms with van der Waals surface area (Å²) in [5.41, 5.74) is 3.53. The molecule has 5 rings (SSSR count).